The summed E-state index contributed by atoms with van der Waals surface area (Å²) in [5.74, 6) is 0.0856. The predicted molar refractivity (Wildman–Crippen MR) is 63.8 cm³/mol. The van der Waals surface area contributed by atoms with Crippen molar-refractivity contribution >= 4 is 17.4 Å². The first-order valence-electron chi connectivity index (χ1n) is 4.76. The highest BCUT2D eigenvalue weighted by molar-refractivity contribution is 6.30. The van der Waals surface area contributed by atoms with Crippen molar-refractivity contribution in [1.82, 2.24) is 4.98 Å². The molecule has 1 aromatic carbocycles. The lowest BCUT2D eigenvalue weighted by Gasteiger charge is -2.06. The van der Waals surface area contributed by atoms with Crippen LogP contribution in [0.2, 0.25) is 5.02 Å². The Balaban J connectivity index is 2.58. The molecule has 2 rings (SSSR count). The number of hydrogen-bond acceptors (Lipinski definition) is 2. The summed E-state index contributed by atoms with van der Waals surface area (Å²) in [6, 6.07) is 7.88. The fraction of sp³-hybridized carbons (Fsp3) is 0.0833. The molecule has 0 aliphatic carbocycles. The highest BCUT2D eigenvalue weighted by Crippen LogP contribution is 2.26. The van der Waals surface area contributed by atoms with E-state index < -0.39 is 0 Å². The molecule has 0 spiro atoms. The third-order valence-corrected chi connectivity index (χ3v) is 2.50. The Bertz CT molecular complexity index is 520. The molecule has 2 aromatic rings. The molecule has 1 heterocycles. The number of nitrogen functional groups attached to an aromatic ring is 1. The average molecular weight is 237 g/mol. The monoisotopic (exact) mass is 236 g/mol. The first-order chi connectivity index (χ1) is 7.56. The summed E-state index contributed by atoms with van der Waals surface area (Å²) in [7, 11) is 0. The second kappa shape index (κ2) is 4.10. The zero-order valence-electron chi connectivity index (χ0n) is 8.67. The van der Waals surface area contributed by atoms with E-state index in [0.717, 1.165) is 11.3 Å². The van der Waals surface area contributed by atoms with Gasteiger partial charge in [-0.05, 0) is 42.8 Å². The van der Waals surface area contributed by atoms with Crippen molar-refractivity contribution in [2.45, 2.75) is 6.92 Å². The van der Waals surface area contributed by atoms with E-state index in [4.69, 9.17) is 17.3 Å². The Morgan fingerprint density at radius 1 is 1.25 bits per heavy atom. The molecule has 4 heteroatoms. The van der Waals surface area contributed by atoms with Gasteiger partial charge in [0.05, 0.1) is 0 Å². The first kappa shape index (κ1) is 10.9. The zero-order chi connectivity index (χ0) is 11.7. The second-order valence-electron chi connectivity index (χ2n) is 3.53. The quantitative estimate of drug-likeness (QED) is 0.824. The number of hydrogen-bond donors (Lipinski definition) is 1. The molecule has 1 aromatic heterocycles. The molecule has 0 unspecified atom stereocenters. The van der Waals surface area contributed by atoms with Crippen molar-refractivity contribution in [3.63, 3.8) is 0 Å². The van der Waals surface area contributed by atoms with Crippen LogP contribution in [0.25, 0.3) is 11.1 Å². The highest BCUT2D eigenvalue weighted by Gasteiger charge is 2.06. The van der Waals surface area contributed by atoms with Gasteiger partial charge < -0.3 is 5.73 Å². The molecular formula is C12H10ClFN2. The molecule has 82 valence electrons. The molecule has 0 saturated carbocycles. The van der Waals surface area contributed by atoms with Crippen LogP contribution >= 0.6 is 11.6 Å². The lowest BCUT2D eigenvalue weighted by atomic mass is 10.0. The SMILES string of the molecule is Cc1nc(N)ccc1-c1cc(F)cc(Cl)c1. The van der Waals surface area contributed by atoms with Crippen molar-refractivity contribution in [3.05, 3.63) is 46.9 Å². The molecule has 0 aliphatic heterocycles. The fourth-order valence-corrected chi connectivity index (χ4v) is 1.82. The van der Waals surface area contributed by atoms with Crippen molar-refractivity contribution in [1.29, 1.82) is 0 Å². The third kappa shape index (κ3) is 2.14. The summed E-state index contributed by atoms with van der Waals surface area (Å²) in [6.07, 6.45) is 0. The van der Waals surface area contributed by atoms with Crippen LogP contribution in [-0.2, 0) is 0 Å². The lowest BCUT2D eigenvalue weighted by Crippen LogP contribution is -1.94. The van der Waals surface area contributed by atoms with Crippen molar-refractivity contribution in [2.24, 2.45) is 0 Å². The maximum atomic E-state index is 13.2. The number of pyridine rings is 1. The lowest BCUT2D eigenvalue weighted by molar-refractivity contribution is 0.628. The highest BCUT2D eigenvalue weighted by atomic mass is 35.5. The number of nitrogens with zero attached hydrogens (tertiary/aromatic N) is 1. The van der Waals surface area contributed by atoms with E-state index in [1.807, 2.05) is 13.0 Å². The van der Waals surface area contributed by atoms with Crippen molar-refractivity contribution in [2.75, 3.05) is 5.73 Å². The van der Waals surface area contributed by atoms with Gasteiger partial charge in [0.2, 0.25) is 0 Å². The van der Waals surface area contributed by atoms with E-state index in [1.165, 1.54) is 12.1 Å². The van der Waals surface area contributed by atoms with Crippen LogP contribution in [0, 0.1) is 12.7 Å². The summed E-state index contributed by atoms with van der Waals surface area (Å²) >= 11 is 5.80. The molecule has 16 heavy (non-hydrogen) atoms. The maximum absolute atomic E-state index is 13.2. The normalized spacial score (nSPS) is 10.4. The number of rotatable bonds is 1. The fourth-order valence-electron chi connectivity index (χ4n) is 1.59. The third-order valence-electron chi connectivity index (χ3n) is 2.28. The van der Waals surface area contributed by atoms with Gasteiger partial charge in [-0.2, -0.15) is 0 Å². The van der Waals surface area contributed by atoms with E-state index in [9.17, 15) is 4.39 Å². The average Bonchev–Trinajstić information content (AvgIpc) is 2.15. The molecule has 0 atom stereocenters. The zero-order valence-corrected chi connectivity index (χ0v) is 9.42. The van der Waals surface area contributed by atoms with Gasteiger partial charge >= 0.3 is 0 Å². The van der Waals surface area contributed by atoms with Gasteiger partial charge in [0.1, 0.15) is 11.6 Å². The molecule has 0 saturated heterocycles. The topological polar surface area (TPSA) is 38.9 Å². The van der Waals surface area contributed by atoms with Gasteiger partial charge in [0.15, 0.2) is 0 Å². The molecule has 2 nitrogen and oxygen atoms in total. The van der Waals surface area contributed by atoms with Crippen LogP contribution in [-0.4, -0.2) is 4.98 Å². The van der Waals surface area contributed by atoms with E-state index in [0.29, 0.717) is 16.4 Å². The molecule has 0 aliphatic rings. The van der Waals surface area contributed by atoms with E-state index in [2.05, 4.69) is 4.98 Å². The number of anilines is 1. The largest absolute Gasteiger partial charge is 0.384 e. The molecule has 0 amide bonds. The summed E-state index contributed by atoms with van der Waals surface area (Å²) in [4.78, 5) is 4.12. The predicted octanol–water partition coefficient (Wildman–Crippen LogP) is 3.43. The maximum Gasteiger partial charge on any atom is 0.125 e. The van der Waals surface area contributed by atoms with Crippen LogP contribution in [0.3, 0.4) is 0 Å². The Hall–Kier alpha value is -1.61. The minimum absolute atomic E-state index is 0.362. The number of halogens is 2. The Morgan fingerprint density at radius 3 is 2.62 bits per heavy atom. The summed E-state index contributed by atoms with van der Waals surface area (Å²) in [5.41, 5.74) is 7.84. The van der Waals surface area contributed by atoms with Crippen LogP contribution in [0.15, 0.2) is 30.3 Å². The van der Waals surface area contributed by atoms with Gasteiger partial charge in [0, 0.05) is 16.3 Å². The van der Waals surface area contributed by atoms with Crippen LogP contribution < -0.4 is 5.73 Å². The van der Waals surface area contributed by atoms with Gasteiger partial charge in [-0.1, -0.05) is 11.6 Å². The van der Waals surface area contributed by atoms with Crippen LogP contribution in [0.4, 0.5) is 10.2 Å². The number of benzene rings is 1. The van der Waals surface area contributed by atoms with E-state index in [-0.39, 0.29) is 5.82 Å². The van der Waals surface area contributed by atoms with Crippen molar-refractivity contribution in [3.8, 4) is 11.1 Å². The van der Waals surface area contributed by atoms with Crippen molar-refractivity contribution < 1.29 is 4.39 Å². The van der Waals surface area contributed by atoms with Crippen LogP contribution in [0.1, 0.15) is 5.69 Å². The van der Waals surface area contributed by atoms with E-state index >= 15 is 0 Å². The molecule has 0 fully saturated rings. The smallest absolute Gasteiger partial charge is 0.125 e. The number of nitrogens with two attached hydrogens (primary N) is 1. The summed E-state index contributed by atoms with van der Waals surface area (Å²) < 4.78 is 13.2. The Kier molecular flexibility index (Phi) is 2.79. The van der Waals surface area contributed by atoms with Gasteiger partial charge in [-0.25, -0.2) is 9.37 Å². The Morgan fingerprint density at radius 2 is 2.00 bits per heavy atom. The molecule has 2 N–H and O–H groups in total. The molecular weight excluding hydrogens is 227 g/mol. The van der Waals surface area contributed by atoms with Gasteiger partial charge in [0.25, 0.3) is 0 Å². The molecule has 0 radical (unpaired) electrons. The first-order valence-corrected chi connectivity index (χ1v) is 5.13. The van der Waals surface area contributed by atoms with Gasteiger partial charge in [-0.15, -0.1) is 0 Å². The number of aryl methyl sites for hydroxylation is 1. The van der Waals surface area contributed by atoms with Gasteiger partial charge in [-0.3, -0.25) is 0 Å². The summed E-state index contributed by atoms with van der Waals surface area (Å²) in [6.45, 7) is 1.82. The molecule has 0 bridgehead atoms. The second-order valence-corrected chi connectivity index (χ2v) is 3.96. The Labute approximate surface area is 97.9 Å². The van der Waals surface area contributed by atoms with Crippen LogP contribution in [0.5, 0.6) is 0 Å². The van der Waals surface area contributed by atoms with E-state index in [1.54, 1.807) is 12.1 Å². The standard InChI is InChI=1S/C12H10ClFN2/c1-7-11(2-3-12(15)16-7)8-4-9(13)6-10(14)5-8/h2-6H,1H3,(H2,15,16). The summed E-state index contributed by atoms with van der Waals surface area (Å²) in [5, 5.41) is 0.367. The minimum atomic E-state index is -0.362. The minimum Gasteiger partial charge on any atom is -0.384 e. The number of aromatic nitrogens is 1.